The highest BCUT2D eigenvalue weighted by atomic mass is 16.6. The van der Waals surface area contributed by atoms with E-state index >= 15 is 0 Å². The smallest absolute Gasteiger partial charge is 0.320 e. The normalized spacial score (nSPS) is 20.3. The van der Waals surface area contributed by atoms with Gasteiger partial charge in [-0.2, -0.15) is 5.10 Å². The molecular weight excluding hydrogens is 344 g/mol. The van der Waals surface area contributed by atoms with Gasteiger partial charge < -0.3 is 9.64 Å². The highest BCUT2D eigenvalue weighted by molar-refractivity contribution is 6.05. The SMILES string of the molecule is CC1CC(NCC(=O)OC(C)(C)C)N(C(=O)c2nn(C)c3ccccc23)C1. The largest absolute Gasteiger partial charge is 0.459 e. The lowest BCUT2D eigenvalue weighted by Crippen LogP contribution is -2.47. The van der Waals surface area contributed by atoms with Gasteiger partial charge in [-0.1, -0.05) is 25.1 Å². The summed E-state index contributed by atoms with van der Waals surface area (Å²) >= 11 is 0. The van der Waals surface area contributed by atoms with E-state index in [4.69, 9.17) is 4.74 Å². The lowest BCUT2D eigenvalue weighted by atomic mass is 10.1. The van der Waals surface area contributed by atoms with Gasteiger partial charge in [-0.05, 0) is 39.2 Å². The van der Waals surface area contributed by atoms with Crippen LogP contribution in [-0.4, -0.2) is 51.4 Å². The van der Waals surface area contributed by atoms with E-state index in [0.717, 1.165) is 17.3 Å². The minimum absolute atomic E-state index is 0.0708. The number of fused-ring (bicyclic) bond motifs is 1. The van der Waals surface area contributed by atoms with Crippen LogP contribution in [0, 0.1) is 5.92 Å². The molecule has 7 heteroatoms. The number of esters is 1. The lowest BCUT2D eigenvalue weighted by molar-refractivity contribution is -0.153. The van der Waals surface area contributed by atoms with Crippen molar-refractivity contribution < 1.29 is 14.3 Å². The van der Waals surface area contributed by atoms with E-state index in [9.17, 15) is 9.59 Å². The van der Waals surface area contributed by atoms with Crippen molar-refractivity contribution in [3.05, 3.63) is 30.0 Å². The predicted octanol–water partition coefficient (Wildman–Crippen LogP) is 2.31. The second-order valence-corrected chi connectivity index (χ2v) is 8.27. The summed E-state index contributed by atoms with van der Waals surface area (Å²) in [6.45, 7) is 8.32. The Hall–Kier alpha value is -2.41. The van der Waals surface area contributed by atoms with E-state index in [1.165, 1.54) is 0 Å². The molecule has 146 valence electrons. The second kappa shape index (κ2) is 7.31. The first-order chi connectivity index (χ1) is 12.7. The highest BCUT2D eigenvalue weighted by Gasteiger charge is 2.35. The number of amides is 1. The van der Waals surface area contributed by atoms with Gasteiger partial charge in [0.25, 0.3) is 5.91 Å². The molecule has 1 amide bonds. The average Bonchev–Trinajstić information content (AvgIpc) is 3.12. The minimum atomic E-state index is -0.524. The standard InChI is InChI=1S/C20H28N4O3/c1-13-10-16(21-11-17(25)27-20(2,3)4)24(12-13)19(26)18-14-8-6-7-9-15(14)23(5)22-18/h6-9,13,16,21H,10-12H2,1-5H3. The zero-order chi connectivity index (χ0) is 19.8. The van der Waals surface area contributed by atoms with Gasteiger partial charge in [0.15, 0.2) is 5.69 Å². The van der Waals surface area contributed by atoms with Gasteiger partial charge in [0.05, 0.1) is 18.2 Å². The van der Waals surface area contributed by atoms with Gasteiger partial charge in [-0.3, -0.25) is 19.6 Å². The van der Waals surface area contributed by atoms with Crippen LogP contribution in [0.4, 0.5) is 0 Å². The summed E-state index contributed by atoms with van der Waals surface area (Å²) in [4.78, 5) is 27.0. The molecule has 2 aromatic rings. The number of likely N-dealkylation sites (tertiary alicyclic amines) is 1. The molecule has 2 atom stereocenters. The summed E-state index contributed by atoms with van der Waals surface area (Å²) in [6, 6.07) is 7.70. The molecule has 27 heavy (non-hydrogen) atoms. The molecule has 1 N–H and O–H groups in total. The Morgan fingerprint density at radius 1 is 1.30 bits per heavy atom. The highest BCUT2D eigenvalue weighted by Crippen LogP contribution is 2.26. The topological polar surface area (TPSA) is 76.5 Å². The summed E-state index contributed by atoms with van der Waals surface area (Å²) in [5, 5.41) is 8.47. The van der Waals surface area contributed by atoms with E-state index < -0.39 is 5.60 Å². The number of hydrogen-bond donors (Lipinski definition) is 1. The predicted molar refractivity (Wildman–Crippen MR) is 103 cm³/mol. The third-order valence-electron chi connectivity index (χ3n) is 4.63. The first-order valence-corrected chi connectivity index (χ1v) is 9.33. The fourth-order valence-electron chi connectivity index (χ4n) is 3.55. The number of nitrogens with zero attached hydrogens (tertiary/aromatic N) is 3. The van der Waals surface area contributed by atoms with Crippen LogP contribution in [0.3, 0.4) is 0 Å². The van der Waals surface area contributed by atoms with E-state index in [1.54, 1.807) is 9.58 Å². The zero-order valence-electron chi connectivity index (χ0n) is 16.7. The fraction of sp³-hybridized carbons (Fsp3) is 0.550. The molecule has 7 nitrogen and oxygen atoms in total. The van der Waals surface area contributed by atoms with Crippen molar-refractivity contribution in [2.75, 3.05) is 13.1 Å². The monoisotopic (exact) mass is 372 g/mol. The zero-order valence-corrected chi connectivity index (χ0v) is 16.7. The van der Waals surface area contributed by atoms with E-state index in [1.807, 2.05) is 52.1 Å². The number of carbonyl (C=O) groups is 2. The number of aryl methyl sites for hydroxylation is 1. The Labute approximate surface area is 159 Å². The summed E-state index contributed by atoms with van der Waals surface area (Å²) in [7, 11) is 1.84. The van der Waals surface area contributed by atoms with Crippen molar-refractivity contribution in [1.29, 1.82) is 0 Å². The Balaban J connectivity index is 1.75. The Morgan fingerprint density at radius 2 is 2.00 bits per heavy atom. The van der Waals surface area contributed by atoms with E-state index in [-0.39, 0.29) is 24.6 Å². The van der Waals surface area contributed by atoms with Gasteiger partial charge in [-0.15, -0.1) is 0 Å². The third kappa shape index (κ3) is 4.30. The van der Waals surface area contributed by atoms with Crippen molar-refractivity contribution in [3.8, 4) is 0 Å². The molecule has 0 aliphatic carbocycles. The van der Waals surface area contributed by atoms with Crippen LogP contribution in [0.1, 0.15) is 44.6 Å². The molecular formula is C20H28N4O3. The van der Waals surface area contributed by atoms with Gasteiger partial charge in [0.1, 0.15) is 5.60 Å². The van der Waals surface area contributed by atoms with Crippen LogP contribution in [0.25, 0.3) is 10.9 Å². The number of aromatic nitrogens is 2. The Kier molecular flexibility index (Phi) is 5.24. The molecule has 0 radical (unpaired) electrons. The molecule has 1 fully saturated rings. The number of hydrogen-bond acceptors (Lipinski definition) is 5. The maximum atomic E-state index is 13.2. The molecule has 2 heterocycles. The Morgan fingerprint density at radius 3 is 2.70 bits per heavy atom. The van der Waals surface area contributed by atoms with Gasteiger partial charge in [0.2, 0.25) is 0 Å². The molecule has 1 aliphatic heterocycles. The first kappa shape index (κ1) is 19.4. The molecule has 1 saturated heterocycles. The van der Waals surface area contributed by atoms with Crippen LogP contribution in [-0.2, 0) is 16.6 Å². The number of nitrogens with one attached hydrogen (secondary N) is 1. The third-order valence-corrected chi connectivity index (χ3v) is 4.63. The number of benzene rings is 1. The van der Waals surface area contributed by atoms with Crippen LogP contribution < -0.4 is 5.32 Å². The first-order valence-electron chi connectivity index (χ1n) is 9.33. The molecule has 0 bridgehead atoms. The summed E-state index contributed by atoms with van der Waals surface area (Å²) in [5.41, 5.74) is 0.849. The number of rotatable bonds is 4. The van der Waals surface area contributed by atoms with Gasteiger partial charge >= 0.3 is 5.97 Å². The Bertz CT molecular complexity index is 853. The van der Waals surface area contributed by atoms with Crippen molar-refractivity contribution in [3.63, 3.8) is 0 Å². The fourth-order valence-corrected chi connectivity index (χ4v) is 3.55. The second-order valence-electron chi connectivity index (χ2n) is 8.27. The summed E-state index contributed by atoms with van der Waals surface area (Å²) in [6.07, 6.45) is 0.583. The molecule has 1 aromatic carbocycles. The summed E-state index contributed by atoms with van der Waals surface area (Å²) < 4.78 is 7.07. The van der Waals surface area contributed by atoms with E-state index in [0.29, 0.717) is 18.2 Å². The number of ether oxygens (including phenoxy) is 1. The molecule has 0 spiro atoms. The van der Waals surface area contributed by atoms with Crippen molar-refractivity contribution >= 4 is 22.8 Å². The lowest BCUT2D eigenvalue weighted by Gasteiger charge is -2.26. The number of para-hydroxylation sites is 1. The van der Waals surface area contributed by atoms with Crippen LogP contribution in [0.2, 0.25) is 0 Å². The summed E-state index contributed by atoms with van der Waals surface area (Å²) in [5.74, 6) is -0.0874. The van der Waals surface area contributed by atoms with Crippen molar-refractivity contribution in [2.24, 2.45) is 13.0 Å². The van der Waals surface area contributed by atoms with Crippen LogP contribution in [0.5, 0.6) is 0 Å². The van der Waals surface area contributed by atoms with Gasteiger partial charge in [0, 0.05) is 19.0 Å². The van der Waals surface area contributed by atoms with Crippen LogP contribution in [0.15, 0.2) is 24.3 Å². The molecule has 3 rings (SSSR count). The van der Waals surface area contributed by atoms with Crippen molar-refractivity contribution in [1.82, 2.24) is 20.0 Å². The molecule has 1 aliphatic rings. The van der Waals surface area contributed by atoms with Gasteiger partial charge in [-0.25, -0.2) is 0 Å². The van der Waals surface area contributed by atoms with Crippen LogP contribution >= 0.6 is 0 Å². The quantitative estimate of drug-likeness (QED) is 0.834. The number of carbonyl (C=O) groups excluding carboxylic acids is 2. The maximum Gasteiger partial charge on any atom is 0.320 e. The molecule has 2 unspecified atom stereocenters. The molecule has 1 aromatic heterocycles. The van der Waals surface area contributed by atoms with Crippen molar-refractivity contribution in [2.45, 2.75) is 45.9 Å². The maximum absolute atomic E-state index is 13.2. The average molecular weight is 372 g/mol. The van der Waals surface area contributed by atoms with E-state index in [2.05, 4.69) is 17.3 Å². The minimum Gasteiger partial charge on any atom is -0.459 e. The molecule has 0 saturated carbocycles.